The summed E-state index contributed by atoms with van der Waals surface area (Å²) in [6, 6.07) is 5.38. The van der Waals surface area contributed by atoms with Gasteiger partial charge in [-0.3, -0.25) is 4.90 Å². The van der Waals surface area contributed by atoms with Crippen molar-refractivity contribution in [2.45, 2.75) is 39.0 Å². The Hall–Kier alpha value is -2.85. The third-order valence-corrected chi connectivity index (χ3v) is 6.24. The molecule has 182 valence electrons. The van der Waals surface area contributed by atoms with Gasteiger partial charge in [-0.1, -0.05) is 0 Å². The molecule has 0 bridgehead atoms. The molecule has 4 rings (SSSR count). The van der Waals surface area contributed by atoms with Crippen LogP contribution in [0.5, 0.6) is 0 Å². The van der Waals surface area contributed by atoms with Gasteiger partial charge < -0.3 is 16.0 Å². The third-order valence-electron chi connectivity index (χ3n) is 6.07. The van der Waals surface area contributed by atoms with Crippen LogP contribution < -0.4 is 16.0 Å². The third kappa shape index (κ3) is 5.28. The zero-order valence-corrected chi connectivity index (χ0v) is 20.0. The van der Waals surface area contributed by atoms with Crippen molar-refractivity contribution >= 4 is 39.8 Å². The smallest absolute Gasteiger partial charge is 0.399 e. The number of hydrogen-bond acceptors (Lipinski definition) is 7. The molecule has 0 amide bonds. The molecule has 1 atom stereocenters. The highest BCUT2D eigenvalue weighted by Gasteiger charge is 2.31. The van der Waals surface area contributed by atoms with Gasteiger partial charge in [0.05, 0.1) is 23.3 Å². The predicted octanol–water partition coefficient (Wildman–Crippen LogP) is 4.98. The van der Waals surface area contributed by atoms with Gasteiger partial charge in [0, 0.05) is 43.3 Å². The van der Waals surface area contributed by atoms with Crippen molar-refractivity contribution in [2.75, 3.05) is 42.1 Å². The largest absolute Gasteiger partial charge is 0.416 e. The Morgan fingerprint density at radius 2 is 1.74 bits per heavy atom. The van der Waals surface area contributed by atoms with Gasteiger partial charge in [0.2, 0.25) is 5.28 Å². The molecule has 1 aliphatic rings. The van der Waals surface area contributed by atoms with Crippen molar-refractivity contribution in [3.63, 3.8) is 0 Å². The fourth-order valence-corrected chi connectivity index (χ4v) is 4.30. The Kier molecular flexibility index (Phi) is 6.73. The molecule has 3 heterocycles. The van der Waals surface area contributed by atoms with E-state index in [-0.39, 0.29) is 11.0 Å². The second-order valence-electron chi connectivity index (χ2n) is 8.77. The van der Waals surface area contributed by atoms with Gasteiger partial charge in [0.15, 0.2) is 0 Å². The number of halogens is 4. The van der Waals surface area contributed by atoms with E-state index in [9.17, 15) is 13.2 Å². The van der Waals surface area contributed by atoms with Gasteiger partial charge in [0.1, 0.15) is 11.6 Å². The molecule has 0 spiro atoms. The van der Waals surface area contributed by atoms with Crippen molar-refractivity contribution in [2.24, 2.45) is 0 Å². The number of anilines is 3. The Balaban J connectivity index is 1.64. The molecular formula is C23H27ClF3N7. The van der Waals surface area contributed by atoms with E-state index in [1.54, 1.807) is 13.1 Å². The number of alkyl halides is 3. The SMILES string of the molecule is CC(C)N1CCN(c2cc3c(N[C@H](C)c4cc(N)cc(C(F)(F)F)c4)nc(Cl)nc3cn2)CC1. The van der Waals surface area contributed by atoms with E-state index in [0.29, 0.717) is 28.3 Å². The molecule has 1 aliphatic heterocycles. The van der Waals surface area contributed by atoms with Crippen LogP contribution in [0.1, 0.15) is 37.9 Å². The Labute approximate surface area is 201 Å². The van der Waals surface area contributed by atoms with Crippen molar-refractivity contribution in [3.05, 3.63) is 46.9 Å². The van der Waals surface area contributed by atoms with Crippen LogP contribution in [0, 0.1) is 0 Å². The number of nitrogens with one attached hydrogen (secondary N) is 1. The van der Waals surface area contributed by atoms with Crippen LogP contribution in [0.4, 0.5) is 30.5 Å². The maximum Gasteiger partial charge on any atom is 0.416 e. The second-order valence-corrected chi connectivity index (χ2v) is 9.11. The first-order valence-electron chi connectivity index (χ1n) is 11.1. The summed E-state index contributed by atoms with van der Waals surface area (Å²) in [5.74, 6) is 1.21. The van der Waals surface area contributed by atoms with E-state index in [2.05, 4.69) is 43.9 Å². The first-order valence-corrected chi connectivity index (χ1v) is 11.5. The van der Waals surface area contributed by atoms with E-state index >= 15 is 0 Å². The zero-order chi connectivity index (χ0) is 24.6. The summed E-state index contributed by atoms with van der Waals surface area (Å²) in [4.78, 5) is 17.7. The minimum atomic E-state index is -4.49. The van der Waals surface area contributed by atoms with Crippen molar-refractivity contribution in [1.82, 2.24) is 19.9 Å². The molecule has 1 aromatic carbocycles. The molecule has 1 saturated heterocycles. The van der Waals surface area contributed by atoms with Crippen LogP contribution in [0.2, 0.25) is 5.28 Å². The lowest BCUT2D eigenvalue weighted by atomic mass is 10.0. The number of benzene rings is 1. The van der Waals surface area contributed by atoms with E-state index in [4.69, 9.17) is 17.3 Å². The van der Waals surface area contributed by atoms with E-state index in [0.717, 1.165) is 44.1 Å². The lowest BCUT2D eigenvalue weighted by molar-refractivity contribution is -0.137. The van der Waals surface area contributed by atoms with Gasteiger partial charge >= 0.3 is 6.18 Å². The molecule has 0 radical (unpaired) electrons. The van der Waals surface area contributed by atoms with Gasteiger partial charge in [-0.25, -0.2) is 15.0 Å². The van der Waals surface area contributed by atoms with Gasteiger partial charge in [-0.15, -0.1) is 0 Å². The number of piperazine rings is 1. The minimum absolute atomic E-state index is 0.0193. The molecule has 1 fully saturated rings. The topological polar surface area (TPSA) is 83.2 Å². The summed E-state index contributed by atoms with van der Waals surface area (Å²) in [7, 11) is 0. The molecule has 0 saturated carbocycles. The average molecular weight is 494 g/mol. The minimum Gasteiger partial charge on any atom is -0.399 e. The first kappa shape index (κ1) is 24.3. The molecule has 2 aromatic heterocycles. The summed E-state index contributed by atoms with van der Waals surface area (Å²) in [6.07, 6.45) is -2.85. The monoisotopic (exact) mass is 493 g/mol. The molecule has 3 N–H and O–H groups in total. The summed E-state index contributed by atoms with van der Waals surface area (Å²) >= 11 is 6.12. The lowest BCUT2D eigenvalue weighted by Gasteiger charge is -2.37. The predicted molar refractivity (Wildman–Crippen MR) is 129 cm³/mol. The number of nitrogens with two attached hydrogens (primary N) is 1. The fraction of sp³-hybridized carbons (Fsp3) is 0.435. The molecule has 11 heteroatoms. The van der Waals surface area contributed by atoms with Crippen molar-refractivity contribution < 1.29 is 13.2 Å². The maximum absolute atomic E-state index is 13.3. The fourth-order valence-electron chi connectivity index (χ4n) is 4.12. The normalized spacial score (nSPS) is 16.3. The Bertz CT molecular complexity index is 1180. The van der Waals surface area contributed by atoms with E-state index in [1.807, 2.05) is 6.07 Å². The Morgan fingerprint density at radius 1 is 1.03 bits per heavy atom. The van der Waals surface area contributed by atoms with Crippen molar-refractivity contribution in [3.8, 4) is 0 Å². The number of pyridine rings is 1. The molecule has 0 unspecified atom stereocenters. The van der Waals surface area contributed by atoms with E-state index < -0.39 is 17.8 Å². The van der Waals surface area contributed by atoms with Gasteiger partial charge in [-0.2, -0.15) is 13.2 Å². The summed E-state index contributed by atoms with van der Waals surface area (Å²) in [5.41, 5.74) is 5.91. The van der Waals surface area contributed by atoms with Crippen LogP contribution in [-0.4, -0.2) is 52.1 Å². The summed E-state index contributed by atoms with van der Waals surface area (Å²) < 4.78 is 39.8. The van der Waals surface area contributed by atoms with Crippen LogP contribution in [0.15, 0.2) is 30.5 Å². The average Bonchev–Trinajstić information content (AvgIpc) is 2.77. The van der Waals surface area contributed by atoms with E-state index in [1.165, 1.54) is 6.07 Å². The highest BCUT2D eigenvalue weighted by Crippen LogP contribution is 2.34. The van der Waals surface area contributed by atoms with Crippen LogP contribution in [-0.2, 0) is 6.18 Å². The van der Waals surface area contributed by atoms with Crippen LogP contribution >= 0.6 is 11.6 Å². The quantitative estimate of drug-likeness (QED) is 0.383. The number of fused-ring (bicyclic) bond motifs is 1. The number of aromatic nitrogens is 3. The number of hydrogen-bond donors (Lipinski definition) is 2. The number of nitrogens with zero attached hydrogens (tertiary/aromatic N) is 5. The maximum atomic E-state index is 13.3. The number of rotatable bonds is 5. The second kappa shape index (κ2) is 9.42. The summed E-state index contributed by atoms with van der Waals surface area (Å²) in [5, 5.41) is 3.89. The highest BCUT2D eigenvalue weighted by atomic mass is 35.5. The Morgan fingerprint density at radius 3 is 2.38 bits per heavy atom. The lowest BCUT2D eigenvalue weighted by Crippen LogP contribution is -2.49. The molecular weight excluding hydrogens is 467 g/mol. The molecule has 0 aliphatic carbocycles. The molecule has 34 heavy (non-hydrogen) atoms. The first-order chi connectivity index (χ1) is 16.0. The number of nitrogen functional groups attached to an aromatic ring is 1. The van der Waals surface area contributed by atoms with Gasteiger partial charge in [-0.05, 0) is 62.2 Å². The standard InChI is InChI=1S/C23H27ClF3N7/c1-13(2)33-4-6-34(7-5-33)20-11-18-19(12-29-20)31-22(24)32-21(18)30-14(3)15-8-16(23(25,26)27)10-17(28)9-15/h8-14H,4-7,28H2,1-3H3,(H,30,31,32)/t14-/m1/s1. The summed E-state index contributed by atoms with van der Waals surface area (Å²) in [6.45, 7) is 9.66. The van der Waals surface area contributed by atoms with Crippen LogP contribution in [0.25, 0.3) is 10.9 Å². The highest BCUT2D eigenvalue weighted by molar-refractivity contribution is 6.28. The van der Waals surface area contributed by atoms with Crippen LogP contribution in [0.3, 0.4) is 0 Å². The zero-order valence-electron chi connectivity index (χ0n) is 19.2. The van der Waals surface area contributed by atoms with Crippen molar-refractivity contribution in [1.29, 1.82) is 0 Å². The van der Waals surface area contributed by atoms with Gasteiger partial charge in [0.25, 0.3) is 0 Å². The molecule has 7 nitrogen and oxygen atoms in total. The molecule has 3 aromatic rings.